The molecule has 0 unspecified atom stereocenters. The molecule has 0 aliphatic carbocycles. The van der Waals surface area contributed by atoms with Crippen LogP contribution in [0.3, 0.4) is 0 Å². The summed E-state index contributed by atoms with van der Waals surface area (Å²) in [6, 6.07) is 3.54. The van der Waals surface area contributed by atoms with Gasteiger partial charge < -0.3 is 11.6 Å². The minimum absolute atomic E-state index is 0. The molecule has 3 aromatic carbocycles. The predicted octanol–water partition coefficient (Wildman–Crippen LogP) is 13.1. The minimum Gasteiger partial charge on any atom is -0.412 e. The van der Waals surface area contributed by atoms with E-state index >= 15 is 0 Å². The van der Waals surface area contributed by atoms with Crippen molar-refractivity contribution in [3.05, 3.63) is 89.5 Å². The van der Waals surface area contributed by atoms with E-state index in [-0.39, 0.29) is 29.8 Å². The molecule has 65 heavy (non-hydrogen) atoms. The van der Waals surface area contributed by atoms with Gasteiger partial charge in [-0.1, -0.05) is 0 Å². The molecule has 8 N–H and O–H groups in total. The second-order valence-corrected chi connectivity index (χ2v) is 36.0. The van der Waals surface area contributed by atoms with Crippen LogP contribution in [0.15, 0.2) is 69.3 Å². The zero-order valence-electron chi connectivity index (χ0n) is 29.3. The summed E-state index contributed by atoms with van der Waals surface area (Å²) in [5, 5.41) is -28.9. The van der Waals surface area contributed by atoms with Gasteiger partial charge in [0.1, 0.15) is 34.9 Å². The number of rotatable bonds is 12. The Kier molecular flexibility index (Phi) is 24.8. The van der Waals surface area contributed by atoms with E-state index < -0.39 is 149 Å². The van der Waals surface area contributed by atoms with Crippen molar-refractivity contribution in [3.8, 4) is 0 Å². The number of thioether (sulfide) groups is 3. The van der Waals surface area contributed by atoms with Gasteiger partial charge in [-0.15, -0.1) is 0 Å². The number of hydrogen-bond acceptors (Lipinski definition) is 10. The van der Waals surface area contributed by atoms with Gasteiger partial charge >= 0.3 is 110 Å². The van der Waals surface area contributed by atoms with E-state index in [4.69, 9.17) is 60.8 Å². The quantitative estimate of drug-likeness (QED) is 0.0510. The second kappa shape index (κ2) is 23.5. The molecular weight excluding hydrogens is 1220 g/mol. The van der Waals surface area contributed by atoms with Gasteiger partial charge in [-0.25, -0.2) is 48.3 Å². The van der Waals surface area contributed by atoms with E-state index in [1.54, 1.807) is 0 Å². The van der Waals surface area contributed by atoms with Gasteiger partial charge in [0.25, 0.3) is 10.0 Å². The monoisotopic (exact) mass is 1240 g/mol. The smallest absolute Gasteiger partial charge is 0.412 e. The Morgan fingerprint density at radius 1 is 0.492 bits per heavy atom. The number of nitrogens with two attached hydrogens (primary N) is 1. The van der Waals surface area contributed by atoms with Crippen LogP contribution in [0.2, 0.25) is 0 Å². The van der Waals surface area contributed by atoms with Crippen molar-refractivity contribution < 1.29 is 114 Å². The van der Waals surface area contributed by atoms with Gasteiger partial charge in [0.15, 0.2) is 0 Å². The summed E-state index contributed by atoms with van der Waals surface area (Å²) in [6.45, 7) is 0. The minimum atomic E-state index is -6.40. The van der Waals surface area contributed by atoms with Crippen LogP contribution in [0.4, 0.5) is 79.0 Å². The summed E-state index contributed by atoms with van der Waals surface area (Å²) in [4.78, 5) is -3.20. The van der Waals surface area contributed by atoms with Gasteiger partial charge in [-0.3, -0.25) is 4.55 Å². The van der Waals surface area contributed by atoms with Crippen LogP contribution in [0.1, 0.15) is 0 Å². The second-order valence-electron chi connectivity index (χ2n) is 10.2. The molecule has 0 fully saturated rings. The van der Waals surface area contributed by atoms with E-state index in [9.17, 15) is 104 Å². The number of hydrogen-bond donors (Lipinski definition) is 3. The van der Waals surface area contributed by atoms with Crippen molar-refractivity contribution in [2.24, 2.45) is 5.14 Å². The largest absolute Gasteiger partial charge is 0.442 e. The SMILES string of the molecule is ClP(Cl)(Cl)(Cl)Cl.N.NS(=O)(=O)C(F)(F)C(F)(F)Sc1ccc(F)cc1F.O.O=S(=O)(Cl)C(F)(F)C(F)(F)Sc1ccc(F)cc1F.O=S(=O)(O)C(F)(F)C(F)(F)Sc1ccc(F)cc1F. The molecule has 380 valence electrons. The number of primary sulfonamides is 1. The number of halogens is 24. The van der Waals surface area contributed by atoms with Crippen molar-refractivity contribution in [2.45, 2.75) is 46.2 Å². The van der Waals surface area contributed by atoms with E-state index in [1.807, 2.05) is 0 Å². The first-order valence-electron chi connectivity index (χ1n) is 13.6. The maximum absolute atomic E-state index is 13.2. The molecule has 0 amide bonds. The van der Waals surface area contributed by atoms with E-state index in [0.29, 0.717) is 36.4 Å². The topological polar surface area (TPSA) is 215 Å². The first-order valence-corrected chi connectivity index (χ1v) is 28.1. The van der Waals surface area contributed by atoms with Crippen LogP contribution in [0.5, 0.6) is 0 Å². The molecule has 10 nitrogen and oxygen atoms in total. The van der Waals surface area contributed by atoms with Gasteiger partial charge in [0, 0.05) is 43.6 Å². The summed E-state index contributed by atoms with van der Waals surface area (Å²) >= 11 is 21.6. The third kappa shape index (κ3) is 20.7. The molecule has 41 heteroatoms. The summed E-state index contributed by atoms with van der Waals surface area (Å²) < 4.78 is 299. The zero-order valence-corrected chi connectivity index (χ0v) is 39.7. The summed E-state index contributed by atoms with van der Waals surface area (Å²) in [7, 11) is -14.0. The number of benzene rings is 3. The van der Waals surface area contributed by atoms with Gasteiger partial charge in [0.05, 0.1) is 0 Å². The van der Waals surface area contributed by atoms with Crippen molar-refractivity contribution >= 4 is 135 Å². The number of alkyl halides is 12. The normalized spacial score (nSPS) is 13.7. The Morgan fingerprint density at radius 2 is 0.708 bits per heavy atom. The average Bonchev–Trinajstić information content (AvgIpc) is 3.02. The van der Waals surface area contributed by atoms with Crippen LogP contribution in [-0.2, 0) is 29.2 Å². The van der Waals surface area contributed by atoms with Crippen LogP contribution in [-0.4, -0.2) is 66.8 Å². The zero-order chi connectivity index (χ0) is 50.6. The first-order chi connectivity index (χ1) is 27.4. The van der Waals surface area contributed by atoms with Crippen molar-refractivity contribution in [1.29, 1.82) is 0 Å². The van der Waals surface area contributed by atoms with Crippen LogP contribution in [0, 0.1) is 34.9 Å². The van der Waals surface area contributed by atoms with Crippen molar-refractivity contribution in [1.82, 2.24) is 6.15 Å². The molecule has 0 aromatic heterocycles. The Labute approximate surface area is 393 Å². The number of sulfonamides is 1. The van der Waals surface area contributed by atoms with Gasteiger partial charge in [0.2, 0.25) is 0 Å². The Balaban J connectivity index is -0.000000821. The van der Waals surface area contributed by atoms with Gasteiger partial charge in [-0.2, -0.15) is 61.1 Å². The molecule has 0 saturated carbocycles. The fourth-order valence-corrected chi connectivity index (χ4v) is 7.50. The third-order valence-electron chi connectivity index (χ3n) is 5.40. The maximum atomic E-state index is 13.2. The Morgan fingerprint density at radius 3 is 0.892 bits per heavy atom. The Hall–Kier alpha value is -0.690. The Bertz CT molecular complexity index is 2200. The van der Waals surface area contributed by atoms with Crippen molar-refractivity contribution in [3.63, 3.8) is 0 Å². The van der Waals surface area contributed by atoms with E-state index in [1.165, 1.54) is 0 Å². The third-order valence-corrected chi connectivity index (χ3v) is 12.3. The fraction of sp³-hybridized carbons (Fsp3) is 0.250. The molecule has 0 radical (unpaired) electrons. The molecular formula is C24H17Cl6F18N2O8PS6. The first kappa shape index (κ1) is 68.6. The average molecular weight is 1240 g/mol. The molecule has 0 aliphatic heterocycles. The van der Waals surface area contributed by atoms with Gasteiger partial charge in [-0.05, 0) is 71.7 Å². The molecule has 3 rings (SSSR count). The van der Waals surface area contributed by atoms with E-state index in [0.717, 1.165) is 0 Å². The van der Waals surface area contributed by atoms with E-state index in [2.05, 4.69) is 15.8 Å². The van der Waals surface area contributed by atoms with Crippen LogP contribution >= 0.6 is 106 Å². The maximum Gasteiger partial charge on any atom is 0.442 e. The molecule has 0 atom stereocenters. The molecule has 0 saturated heterocycles. The van der Waals surface area contributed by atoms with Crippen LogP contribution < -0.4 is 11.3 Å². The fourth-order valence-electron chi connectivity index (χ4n) is 2.72. The van der Waals surface area contributed by atoms with Crippen LogP contribution in [0.25, 0.3) is 0 Å². The predicted molar refractivity (Wildman–Crippen MR) is 211 cm³/mol. The molecule has 0 spiro atoms. The summed E-state index contributed by atoms with van der Waals surface area (Å²) in [5.74, 6) is -7.99. The summed E-state index contributed by atoms with van der Waals surface area (Å²) in [5.41, 5.74) is 0. The van der Waals surface area contributed by atoms with Crippen molar-refractivity contribution in [2.75, 3.05) is 0 Å². The molecule has 0 heterocycles. The summed E-state index contributed by atoms with van der Waals surface area (Å²) in [6.07, 6.45) is 0. The molecule has 3 aromatic rings. The molecule has 0 aliphatic rings. The molecule has 0 bridgehead atoms. The standard InChI is InChI=1S/C8H3ClF6O2S2.C8H5F6NO2S2.C8H4F6O3S2.Cl5P.H3N.H2O/c9-19(16,17)8(14,15)7(12,13)18-6-2-1-4(10)3-5(6)11;2*9-4-1-2-6(5(10)3-4)18-7(11,12)8(13,14)19(15,16)17;1-6(2,3,4)5;;/h1-3H;1-3H,(H2,15,16,17);1-3H,(H,15,16,17);;1H3;1H2.